The lowest BCUT2D eigenvalue weighted by Gasteiger charge is -2.62. The van der Waals surface area contributed by atoms with Crippen molar-refractivity contribution in [3.8, 4) is 0 Å². The van der Waals surface area contributed by atoms with Gasteiger partial charge < -0.3 is 10.2 Å². The Morgan fingerprint density at radius 2 is 1.63 bits per heavy atom. The van der Waals surface area contributed by atoms with E-state index in [9.17, 15) is 18.6 Å². The summed E-state index contributed by atoms with van der Waals surface area (Å²) in [6.45, 7) is 7.14. The van der Waals surface area contributed by atoms with Crippen LogP contribution in [0.15, 0.2) is 0 Å². The van der Waals surface area contributed by atoms with Crippen LogP contribution in [0.2, 0.25) is 0 Å². The largest absolute Gasteiger partial charge is 0.393 e. The van der Waals surface area contributed by atoms with Crippen LogP contribution in [-0.2, 0) is 10.1 Å². The van der Waals surface area contributed by atoms with Gasteiger partial charge in [0.05, 0.1) is 18.0 Å². The average Bonchev–Trinajstić information content (AvgIpc) is 2.99. The summed E-state index contributed by atoms with van der Waals surface area (Å²) in [7, 11) is -3.88. The van der Waals surface area contributed by atoms with Crippen molar-refractivity contribution < 1.29 is 23.2 Å². The van der Waals surface area contributed by atoms with E-state index in [-0.39, 0.29) is 28.8 Å². The molecule has 4 saturated carbocycles. The van der Waals surface area contributed by atoms with Crippen molar-refractivity contribution in [2.45, 2.75) is 97.2 Å². The number of aliphatic hydroxyl groups is 2. The zero-order valence-electron chi connectivity index (χ0n) is 19.0. The third kappa shape index (κ3) is 3.88. The van der Waals surface area contributed by atoms with E-state index in [1.165, 1.54) is 25.7 Å². The van der Waals surface area contributed by atoms with E-state index in [1.54, 1.807) is 0 Å². The lowest BCUT2D eigenvalue weighted by atomic mass is 9.43. The van der Waals surface area contributed by atoms with Crippen LogP contribution in [0, 0.1) is 46.3 Å². The summed E-state index contributed by atoms with van der Waals surface area (Å²) >= 11 is 0. The quantitative estimate of drug-likeness (QED) is 0.552. The normalized spacial score (nSPS) is 49.7. The highest BCUT2D eigenvalue weighted by atomic mass is 32.2. The minimum absolute atomic E-state index is 0.140. The van der Waals surface area contributed by atoms with E-state index in [0.717, 1.165) is 32.1 Å². The van der Waals surface area contributed by atoms with Crippen molar-refractivity contribution in [1.29, 1.82) is 0 Å². The number of fused-ring (bicyclic) bond motifs is 5. The summed E-state index contributed by atoms with van der Waals surface area (Å²) in [5.41, 5.74) is 0.473. The van der Waals surface area contributed by atoms with Gasteiger partial charge in [-0.25, -0.2) is 0 Å². The fourth-order valence-electron chi connectivity index (χ4n) is 8.96. The molecule has 6 heteroatoms. The van der Waals surface area contributed by atoms with E-state index in [1.807, 2.05) is 0 Å². The highest BCUT2D eigenvalue weighted by Gasteiger charge is 2.62. The third-order valence-corrected chi connectivity index (χ3v) is 11.3. The fraction of sp³-hybridized carbons (Fsp3) is 1.00. The number of rotatable bonds is 5. The molecule has 5 nitrogen and oxygen atoms in total. The van der Waals surface area contributed by atoms with Gasteiger partial charge >= 0.3 is 0 Å². The van der Waals surface area contributed by atoms with Gasteiger partial charge in [-0.2, -0.15) is 8.42 Å². The second-order valence-electron chi connectivity index (χ2n) is 11.9. The zero-order chi connectivity index (χ0) is 21.9. The van der Waals surface area contributed by atoms with E-state index >= 15 is 0 Å². The Hall–Kier alpha value is -0.170. The molecule has 0 aromatic rings. The third-order valence-electron chi connectivity index (χ3n) is 10.5. The molecule has 3 N–H and O–H groups in total. The molecule has 4 rings (SSSR count). The first-order chi connectivity index (χ1) is 14.0. The molecular formula is C24H42O5S. The summed E-state index contributed by atoms with van der Waals surface area (Å²) in [6, 6.07) is 0. The molecule has 0 aromatic carbocycles. The van der Waals surface area contributed by atoms with Gasteiger partial charge in [0, 0.05) is 0 Å². The second-order valence-corrected chi connectivity index (χ2v) is 13.4. The molecule has 0 spiro atoms. The standard InChI is InChI=1S/C24H42O5S/c1-15(5-4-12-30(27,28)29)18-6-7-19-22-20(9-11-24(18,19)3)23(2)10-8-17(25)13-16(23)14-21(22)26/h15-22,25-26H,4-14H2,1-3H3,(H,27,28,29)/t15-,16+,17-,18+,19-,20-,21+,22+,23+,24-/m1/s1. The molecule has 4 fully saturated rings. The van der Waals surface area contributed by atoms with Gasteiger partial charge in [0.2, 0.25) is 0 Å². The lowest BCUT2D eigenvalue weighted by molar-refractivity contribution is -0.174. The van der Waals surface area contributed by atoms with Crippen LogP contribution in [0.25, 0.3) is 0 Å². The van der Waals surface area contributed by atoms with Gasteiger partial charge in [-0.1, -0.05) is 20.8 Å². The Balaban J connectivity index is 1.50. The van der Waals surface area contributed by atoms with Gasteiger partial charge in [-0.05, 0) is 111 Å². The van der Waals surface area contributed by atoms with Gasteiger partial charge in [-0.3, -0.25) is 4.55 Å². The summed E-state index contributed by atoms with van der Waals surface area (Å²) in [6.07, 6.45) is 9.31. The molecule has 0 amide bonds. The molecule has 0 radical (unpaired) electrons. The Morgan fingerprint density at radius 3 is 2.33 bits per heavy atom. The van der Waals surface area contributed by atoms with Crippen molar-refractivity contribution in [1.82, 2.24) is 0 Å². The van der Waals surface area contributed by atoms with Crippen LogP contribution in [-0.4, -0.2) is 41.1 Å². The highest BCUT2D eigenvalue weighted by molar-refractivity contribution is 7.85. The molecule has 174 valence electrons. The van der Waals surface area contributed by atoms with Crippen LogP contribution in [0.1, 0.15) is 85.0 Å². The summed E-state index contributed by atoms with van der Waals surface area (Å²) in [4.78, 5) is 0. The number of aliphatic hydroxyl groups excluding tert-OH is 2. The lowest BCUT2D eigenvalue weighted by Crippen LogP contribution is -2.58. The van der Waals surface area contributed by atoms with E-state index < -0.39 is 10.1 Å². The molecule has 0 unspecified atom stereocenters. The maximum absolute atomic E-state index is 11.3. The molecule has 4 aliphatic carbocycles. The molecule has 0 aliphatic heterocycles. The summed E-state index contributed by atoms with van der Waals surface area (Å²) in [5.74, 6) is 2.78. The second kappa shape index (κ2) is 8.00. The van der Waals surface area contributed by atoms with Gasteiger partial charge in [0.1, 0.15) is 0 Å². The van der Waals surface area contributed by atoms with Crippen LogP contribution in [0.3, 0.4) is 0 Å². The SMILES string of the molecule is C[C@H](CCCS(=O)(=O)O)[C@@H]1CC[C@@H]2[C@H]3[C@@H](CC[C@@]21C)[C@@]1(C)CC[C@@H](O)C[C@H]1C[C@@H]3O. The van der Waals surface area contributed by atoms with Gasteiger partial charge in [0.25, 0.3) is 10.1 Å². The van der Waals surface area contributed by atoms with E-state index in [0.29, 0.717) is 41.9 Å². The summed E-state index contributed by atoms with van der Waals surface area (Å²) in [5, 5.41) is 21.5. The average molecular weight is 443 g/mol. The molecular weight excluding hydrogens is 400 g/mol. The monoisotopic (exact) mass is 442 g/mol. The Morgan fingerprint density at radius 1 is 0.967 bits per heavy atom. The maximum atomic E-state index is 11.3. The van der Waals surface area contributed by atoms with Gasteiger partial charge in [-0.15, -0.1) is 0 Å². The van der Waals surface area contributed by atoms with Crippen LogP contribution >= 0.6 is 0 Å². The van der Waals surface area contributed by atoms with Crippen LogP contribution in [0.5, 0.6) is 0 Å². The molecule has 0 saturated heterocycles. The van der Waals surface area contributed by atoms with E-state index in [4.69, 9.17) is 4.55 Å². The maximum Gasteiger partial charge on any atom is 0.264 e. The van der Waals surface area contributed by atoms with Crippen molar-refractivity contribution in [3.63, 3.8) is 0 Å². The zero-order valence-corrected chi connectivity index (χ0v) is 19.8. The summed E-state index contributed by atoms with van der Waals surface area (Å²) < 4.78 is 31.2. The predicted molar refractivity (Wildman–Crippen MR) is 117 cm³/mol. The molecule has 0 bridgehead atoms. The predicted octanol–water partition coefficient (Wildman–Crippen LogP) is 4.28. The molecule has 0 aromatic heterocycles. The smallest absolute Gasteiger partial charge is 0.264 e. The van der Waals surface area contributed by atoms with Crippen LogP contribution < -0.4 is 0 Å². The minimum atomic E-state index is -3.88. The van der Waals surface area contributed by atoms with Crippen molar-refractivity contribution in [2.24, 2.45) is 46.3 Å². The first-order valence-corrected chi connectivity index (χ1v) is 13.9. The molecule has 4 aliphatic rings. The number of hydrogen-bond donors (Lipinski definition) is 3. The van der Waals surface area contributed by atoms with E-state index in [2.05, 4.69) is 20.8 Å². The minimum Gasteiger partial charge on any atom is -0.393 e. The first kappa shape index (κ1) is 23.0. The molecule has 0 heterocycles. The first-order valence-electron chi connectivity index (χ1n) is 12.3. The fourth-order valence-corrected chi connectivity index (χ4v) is 9.50. The molecule has 30 heavy (non-hydrogen) atoms. The van der Waals surface area contributed by atoms with Crippen LogP contribution in [0.4, 0.5) is 0 Å². The Kier molecular flexibility index (Phi) is 6.13. The topological polar surface area (TPSA) is 94.8 Å². The Bertz CT molecular complexity index is 738. The van der Waals surface area contributed by atoms with Crippen molar-refractivity contribution in [2.75, 3.05) is 5.75 Å². The van der Waals surface area contributed by atoms with Crippen molar-refractivity contribution >= 4 is 10.1 Å². The number of hydrogen-bond acceptors (Lipinski definition) is 4. The van der Waals surface area contributed by atoms with Crippen molar-refractivity contribution in [3.05, 3.63) is 0 Å². The van der Waals surface area contributed by atoms with Gasteiger partial charge in [0.15, 0.2) is 0 Å². The highest BCUT2D eigenvalue weighted by Crippen LogP contribution is 2.68. The molecule has 10 atom stereocenters. The Labute approximate surface area is 182 Å².